The van der Waals surface area contributed by atoms with Crippen molar-refractivity contribution < 1.29 is 19.5 Å². The summed E-state index contributed by atoms with van der Waals surface area (Å²) < 4.78 is 0. The molecule has 1 aromatic carbocycles. The van der Waals surface area contributed by atoms with Gasteiger partial charge in [-0.15, -0.1) is 0 Å². The highest BCUT2D eigenvalue weighted by Crippen LogP contribution is 2.14. The van der Waals surface area contributed by atoms with Crippen LogP contribution >= 0.6 is 0 Å². The molecule has 0 radical (unpaired) electrons. The van der Waals surface area contributed by atoms with E-state index in [1.807, 2.05) is 0 Å². The van der Waals surface area contributed by atoms with E-state index in [2.05, 4.69) is 0 Å². The Morgan fingerprint density at radius 2 is 1.93 bits per heavy atom. The Labute approximate surface area is 80.2 Å². The number of carbonyl (C=O) groups excluding carboxylic acids is 2. The largest absolute Gasteiger partial charge is 0.478 e. The molecule has 1 rings (SSSR count). The van der Waals surface area contributed by atoms with Crippen LogP contribution in [0.2, 0.25) is 0 Å². The van der Waals surface area contributed by atoms with Crippen LogP contribution in [0.5, 0.6) is 0 Å². The quantitative estimate of drug-likeness (QED) is 0.733. The lowest BCUT2D eigenvalue weighted by Crippen LogP contribution is -2.04. The second kappa shape index (κ2) is 3.83. The van der Waals surface area contributed by atoms with Gasteiger partial charge in [0.25, 0.3) is 0 Å². The van der Waals surface area contributed by atoms with Gasteiger partial charge < -0.3 is 5.11 Å². The first kappa shape index (κ1) is 10.1. The highest BCUT2D eigenvalue weighted by Gasteiger charge is 2.11. The molecule has 0 saturated carbocycles. The lowest BCUT2D eigenvalue weighted by atomic mass is 10.00. The molecule has 0 aliphatic rings. The maximum absolute atomic E-state index is 10.7. The van der Waals surface area contributed by atoms with Crippen molar-refractivity contribution in [1.29, 1.82) is 0 Å². The van der Waals surface area contributed by atoms with Gasteiger partial charge in [-0.25, -0.2) is 4.79 Å². The predicted octanol–water partition coefficient (Wildman–Crippen LogP) is 1.32. The number of carbonyl (C=O) groups is 3. The maximum Gasteiger partial charge on any atom is 0.335 e. The van der Waals surface area contributed by atoms with E-state index in [9.17, 15) is 14.4 Å². The van der Waals surface area contributed by atoms with Gasteiger partial charge >= 0.3 is 5.97 Å². The molecule has 72 valence electrons. The SMILES string of the molecule is Cc1c(C=O)cc(C=O)cc1C(=O)O. The fraction of sp³-hybridized carbons (Fsp3) is 0.100. The first-order valence-corrected chi connectivity index (χ1v) is 3.88. The molecule has 0 amide bonds. The van der Waals surface area contributed by atoms with Crippen LogP contribution in [0.1, 0.15) is 36.6 Å². The molecule has 1 N–H and O–H groups in total. The summed E-state index contributed by atoms with van der Waals surface area (Å²) in [4.78, 5) is 31.7. The summed E-state index contributed by atoms with van der Waals surface area (Å²) in [6, 6.07) is 2.61. The second-order valence-electron chi connectivity index (χ2n) is 2.82. The minimum atomic E-state index is -1.14. The Balaban J connectivity index is 3.49. The van der Waals surface area contributed by atoms with Gasteiger partial charge in [0.15, 0.2) is 0 Å². The van der Waals surface area contributed by atoms with Gasteiger partial charge in [0, 0.05) is 11.1 Å². The lowest BCUT2D eigenvalue weighted by molar-refractivity contribution is 0.0696. The molecule has 14 heavy (non-hydrogen) atoms. The van der Waals surface area contributed by atoms with Crippen LogP contribution in [0.4, 0.5) is 0 Å². The predicted molar refractivity (Wildman–Crippen MR) is 48.9 cm³/mol. The van der Waals surface area contributed by atoms with Crippen LogP contribution in [0, 0.1) is 6.92 Å². The van der Waals surface area contributed by atoms with E-state index in [1.54, 1.807) is 0 Å². The van der Waals surface area contributed by atoms with Crippen LogP contribution < -0.4 is 0 Å². The summed E-state index contributed by atoms with van der Waals surface area (Å²) in [5.74, 6) is -1.14. The maximum atomic E-state index is 10.7. The first-order valence-electron chi connectivity index (χ1n) is 3.88. The van der Waals surface area contributed by atoms with Crippen molar-refractivity contribution in [3.05, 3.63) is 34.4 Å². The Bertz CT molecular complexity index is 407. The van der Waals surface area contributed by atoms with Gasteiger partial charge in [-0.2, -0.15) is 0 Å². The average Bonchev–Trinajstić information content (AvgIpc) is 2.17. The third kappa shape index (κ3) is 1.69. The summed E-state index contributed by atoms with van der Waals surface area (Å²) in [6.45, 7) is 1.53. The minimum absolute atomic E-state index is 0.0169. The number of carboxylic acid groups (broad SMARTS) is 1. The third-order valence-corrected chi connectivity index (χ3v) is 1.96. The number of carboxylic acids is 1. The van der Waals surface area contributed by atoms with Gasteiger partial charge in [-0.3, -0.25) is 9.59 Å². The van der Waals surface area contributed by atoms with Crippen LogP contribution in [0.15, 0.2) is 12.1 Å². The molecule has 0 bridgehead atoms. The molecule has 4 heteroatoms. The molecule has 0 saturated heterocycles. The number of benzene rings is 1. The smallest absolute Gasteiger partial charge is 0.335 e. The fourth-order valence-corrected chi connectivity index (χ4v) is 1.17. The van der Waals surface area contributed by atoms with Crippen LogP contribution in [-0.2, 0) is 0 Å². The Kier molecular flexibility index (Phi) is 2.76. The summed E-state index contributed by atoms with van der Waals surface area (Å²) in [5.41, 5.74) is 0.775. The van der Waals surface area contributed by atoms with Crippen molar-refractivity contribution in [1.82, 2.24) is 0 Å². The van der Waals surface area contributed by atoms with E-state index in [-0.39, 0.29) is 16.7 Å². The molecule has 1 aromatic rings. The van der Waals surface area contributed by atoms with Crippen LogP contribution in [-0.4, -0.2) is 23.6 Å². The summed E-state index contributed by atoms with van der Waals surface area (Å²) in [6.07, 6.45) is 1.05. The Morgan fingerprint density at radius 1 is 1.29 bits per heavy atom. The van der Waals surface area contributed by atoms with Gasteiger partial charge in [0.1, 0.15) is 12.6 Å². The van der Waals surface area contributed by atoms with Crippen molar-refractivity contribution in [2.75, 3.05) is 0 Å². The zero-order valence-corrected chi connectivity index (χ0v) is 7.48. The van der Waals surface area contributed by atoms with E-state index in [0.717, 1.165) is 0 Å². The van der Waals surface area contributed by atoms with E-state index < -0.39 is 5.97 Å². The minimum Gasteiger partial charge on any atom is -0.478 e. The zero-order chi connectivity index (χ0) is 10.7. The van der Waals surface area contributed by atoms with Crippen molar-refractivity contribution in [3.8, 4) is 0 Å². The van der Waals surface area contributed by atoms with Gasteiger partial charge in [-0.1, -0.05) is 0 Å². The monoisotopic (exact) mass is 192 g/mol. The molecular weight excluding hydrogens is 184 g/mol. The summed E-state index contributed by atoms with van der Waals surface area (Å²) >= 11 is 0. The van der Waals surface area contributed by atoms with E-state index in [1.165, 1.54) is 19.1 Å². The van der Waals surface area contributed by atoms with E-state index >= 15 is 0 Å². The Morgan fingerprint density at radius 3 is 2.36 bits per heavy atom. The first-order chi connectivity index (χ1) is 6.60. The number of hydrogen-bond donors (Lipinski definition) is 1. The highest BCUT2D eigenvalue weighted by molar-refractivity contribution is 5.95. The van der Waals surface area contributed by atoms with Crippen molar-refractivity contribution in [3.63, 3.8) is 0 Å². The molecule has 0 aliphatic heterocycles. The molecule has 0 spiro atoms. The Hall–Kier alpha value is -1.97. The fourth-order valence-electron chi connectivity index (χ4n) is 1.17. The second-order valence-corrected chi connectivity index (χ2v) is 2.82. The molecule has 0 atom stereocenters. The average molecular weight is 192 g/mol. The topological polar surface area (TPSA) is 71.4 Å². The summed E-state index contributed by atoms with van der Waals surface area (Å²) in [7, 11) is 0. The van der Waals surface area contributed by atoms with Crippen LogP contribution in [0.3, 0.4) is 0 Å². The molecule has 4 nitrogen and oxygen atoms in total. The standard InChI is InChI=1S/C10H8O4/c1-6-8(5-12)2-7(4-11)3-9(6)10(13)14/h2-5H,1H3,(H,13,14). The third-order valence-electron chi connectivity index (χ3n) is 1.96. The van der Waals surface area contributed by atoms with Gasteiger partial charge in [-0.05, 0) is 24.6 Å². The zero-order valence-electron chi connectivity index (χ0n) is 7.48. The lowest BCUT2D eigenvalue weighted by Gasteiger charge is -2.04. The highest BCUT2D eigenvalue weighted by atomic mass is 16.4. The molecule has 0 heterocycles. The number of aldehydes is 2. The van der Waals surface area contributed by atoms with Crippen LogP contribution in [0.25, 0.3) is 0 Å². The van der Waals surface area contributed by atoms with Gasteiger partial charge in [0.2, 0.25) is 0 Å². The van der Waals surface area contributed by atoms with Crippen molar-refractivity contribution >= 4 is 18.5 Å². The molecule has 0 unspecified atom stereocenters. The summed E-state index contributed by atoms with van der Waals surface area (Å²) in [5, 5.41) is 8.77. The molecular formula is C10H8O4. The van der Waals surface area contributed by atoms with Crippen molar-refractivity contribution in [2.45, 2.75) is 6.92 Å². The number of rotatable bonds is 3. The van der Waals surface area contributed by atoms with Gasteiger partial charge in [0.05, 0.1) is 5.56 Å². The van der Waals surface area contributed by atoms with Crippen molar-refractivity contribution in [2.24, 2.45) is 0 Å². The normalized spacial score (nSPS) is 9.50. The molecule has 0 aromatic heterocycles. The van der Waals surface area contributed by atoms with E-state index in [0.29, 0.717) is 18.1 Å². The molecule has 0 fully saturated rings. The molecule has 0 aliphatic carbocycles. The van der Waals surface area contributed by atoms with E-state index in [4.69, 9.17) is 5.11 Å². The number of hydrogen-bond acceptors (Lipinski definition) is 3. The number of aromatic carboxylic acids is 1.